The molecule has 6 heteroatoms. The van der Waals surface area contributed by atoms with Crippen LogP contribution in [-0.4, -0.2) is 0 Å². The van der Waals surface area contributed by atoms with Crippen LogP contribution in [0.2, 0.25) is 10.0 Å². The number of anilines is 1. The maximum absolute atomic E-state index is 13.8. The maximum atomic E-state index is 13.8. The first-order valence-corrected chi connectivity index (χ1v) is 7.29. The topological polar surface area (TPSA) is 12.0 Å². The normalized spacial score (nSPS) is 12.3. The van der Waals surface area contributed by atoms with Gasteiger partial charge in [0.25, 0.3) is 0 Å². The van der Waals surface area contributed by atoms with Gasteiger partial charge in [-0.1, -0.05) is 45.2 Å². The Morgan fingerprint density at radius 2 is 1.70 bits per heavy atom. The minimum atomic E-state index is -0.672. The summed E-state index contributed by atoms with van der Waals surface area (Å²) >= 11 is 14.9. The first kappa shape index (κ1) is 15.5. The highest BCUT2D eigenvalue weighted by molar-refractivity contribution is 9.10. The largest absolute Gasteiger partial charge is 0.374 e. The van der Waals surface area contributed by atoms with Gasteiger partial charge >= 0.3 is 0 Å². The molecule has 0 aliphatic heterocycles. The number of hydrogen-bond donors (Lipinski definition) is 1. The average molecular weight is 381 g/mol. The molecule has 2 aromatic carbocycles. The molecule has 0 aliphatic rings. The van der Waals surface area contributed by atoms with Crippen LogP contribution in [0, 0.1) is 11.6 Å². The Bertz CT molecular complexity index is 626. The van der Waals surface area contributed by atoms with E-state index in [1.807, 2.05) is 0 Å². The predicted molar refractivity (Wildman–Crippen MR) is 82.6 cm³/mol. The van der Waals surface area contributed by atoms with Crippen molar-refractivity contribution >= 4 is 44.8 Å². The molecule has 1 unspecified atom stereocenters. The zero-order chi connectivity index (χ0) is 14.9. The summed E-state index contributed by atoms with van der Waals surface area (Å²) in [6, 6.07) is 7.00. The lowest BCUT2D eigenvalue weighted by Gasteiger charge is -2.18. The third kappa shape index (κ3) is 3.43. The van der Waals surface area contributed by atoms with Gasteiger partial charge in [0.2, 0.25) is 0 Å². The van der Waals surface area contributed by atoms with Gasteiger partial charge < -0.3 is 5.32 Å². The van der Waals surface area contributed by atoms with Gasteiger partial charge in [-0.2, -0.15) is 0 Å². The Labute approximate surface area is 134 Å². The van der Waals surface area contributed by atoms with Gasteiger partial charge in [-0.3, -0.25) is 0 Å². The zero-order valence-corrected chi connectivity index (χ0v) is 13.5. The Morgan fingerprint density at radius 1 is 1.10 bits per heavy atom. The van der Waals surface area contributed by atoms with E-state index in [0.29, 0.717) is 20.1 Å². The molecule has 0 heterocycles. The van der Waals surface area contributed by atoms with Gasteiger partial charge in [-0.05, 0) is 36.8 Å². The van der Waals surface area contributed by atoms with Crippen LogP contribution in [0.25, 0.3) is 0 Å². The van der Waals surface area contributed by atoms with Crippen LogP contribution < -0.4 is 5.32 Å². The van der Waals surface area contributed by atoms with E-state index in [-0.39, 0.29) is 11.7 Å². The Balaban J connectivity index is 2.30. The lowest BCUT2D eigenvalue weighted by Crippen LogP contribution is -2.10. The molecule has 1 nitrogen and oxygen atoms in total. The third-order valence-corrected chi connectivity index (χ3v) is 3.82. The van der Waals surface area contributed by atoms with E-state index in [9.17, 15) is 8.78 Å². The van der Waals surface area contributed by atoms with Crippen LogP contribution in [0.1, 0.15) is 18.5 Å². The number of benzene rings is 2. The molecule has 1 atom stereocenters. The van der Waals surface area contributed by atoms with E-state index in [0.717, 1.165) is 0 Å². The van der Waals surface area contributed by atoms with Crippen molar-refractivity contribution in [3.8, 4) is 0 Å². The average Bonchev–Trinajstić information content (AvgIpc) is 2.33. The van der Waals surface area contributed by atoms with Crippen molar-refractivity contribution in [3.63, 3.8) is 0 Å². The van der Waals surface area contributed by atoms with Crippen LogP contribution in [0.15, 0.2) is 34.8 Å². The lowest BCUT2D eigenvalue weighted by atomic mass is 10.1. The second-order valence-corrected chi connectivity index (χ2v) is 6.04. The van der Waals surface area contributed by atoms with Crippen LogP contribution in [0.4, 0.5) is 14.5 Å². The van der Waals surface area contributed by atoms with Crippen LogP contribution in [0.3, 0.4) is 0 Å². The highest BCUT2D eigenvalue weighted by Crippen LogP contribution is 2.31. The number of halogens is 5. The van der Waals surface area contributed by atoms with E-state index < -0.39 is 11.6 Å². The zero-order valence-electron chi connectivity index (χ0n) is 10.4. The Kier molecular flexibility index (Phi) is 4.89. The summed E-state index contributed by atoms with van der Waals surface area (Å²) in [4.78, 5) is 0. The predicted octanol–water partition coefficient (Wildman–Crippen LogP) is 6.21. The lowest BCUT2D eigenvalue weighted by molar-refractivity contribution is 0.583. The minimum Gasteiger partial charge on any atom is -0.374 e. The number of rotatable bonds is 3. The van der Waals surface area contributed by atoms with Crippen LogP contribution in [-0.2, 0) is 0 Å². The van der Waals surface area contributed by atoms with Crippen molar-refractivity contribution in [1.29, 1.82) is 0 Å². The highest BCUT2D eigenvalue weighted by Gasteiger charge is 2.16. The molecule has 0 saturated heterocycles. The fraction of sp³-hybridized carbons (Fsp3) is 0.143. The second-order valence-electron chi connectivity index (χ2n) is 4.28. The molecule has 2 rings (SSSR count). The molecule has 20 heavy (non-hydrogen) atoms. The monoisotopic (exact) mass is 379 g/mol. The van der Waals surface area contributed by atoms with Crippen molar-refractivity contribution in [2.24, 2.45) is 0 Å². The van der Waals surface area contributed by atoms with Gasteiger partial charge in [0.15, 0.2) is 0 Å². The highest BCUT2D eigenvalue weighted by atomic mass is 79.9. The minimum absolute atomic E-state index is 0.188. The first-order chi connectivity index (χ1) is 9.38. The van der Waals surface area contributed by atoms with Gasteiger partial charge in [0.1, 0.15) is 17.3 Å². The standard InChI is InChI=1S/C14H10BrCl2F2N/c1-7(10-3-2-9(16)6-11(10)17)20-14-12(18)4-8(15)5-13(14)19/h2-7,20H,1H3. The molecule has 0 aromatic heterocycles. The Hall–Kier alpha value is -0.840. The SMILES string of the molecule is CC(Nc1c(F)cc(Br)cc1F)c1ccc(Cl)cc1Cl. The second kappa shape index (κ2) is 6.29. The fourth-order valence-electron chi connectivity index (χ4n) is 1.83. The molecule has 0 aliphatic carbocycles. The summed E-state index contributed by atoms with van der Waals surface area (Å²) in [5.74, 6) is -1.34. The quantitative estimate of drug-likeness (QED) is 0.667. The first-order valence-electron chi connectivity index (χ1n) is 5.74. The molecule has 0 fully saturated rings. The molecule has 106 valence electrons. The van der Waals surface area contributed by atoms with Crippen molar-refractivity contribution in [2.45, 2.75) is 13.0 Å². The molecule has 0 radical (unpaired) electrons. The van der Waals surface area contributed by atoms with E-state index in [4.69, 9.17) is 23.2 Å². The van der Waals surface area contributed by atoms with Crippen LogP contribution in [0.5, 0.6) is 0 Å². The summed E-state index contributed by atoms with van der Waals surface area (Å²) in [5, 5.41) is 3.73. The van der Waals surface area contributed by atoms with E-state index in [1.54, 1.807) is 25.1 Å². The van der Waals surface area contributed by atoms with Crippen molar-refractivity contribution in [2.75, 3.05) is 5.32 Å². The summed E-state index contributed by atoms with van der Waals surface area (Å²) < 4.78 is 27.9. The summed E-state index contributed by atoms with van der Waals surface area (Å²) in [6.07, 6.45) is 0. The molecule has 1 N–H and O–H groups in total. The molecule has 0 saturated carbocycles. The van der Waals surface area contributed by atoms with Gasteiger partial charge in [0.05, 0.1) is 6.04 Å². The van der Waals surface area contributed by atoms with Crippen molar-refractivity contribution in [3.05, 3.63) is 62.0 Å². The van der Waals surface area contributed by atoms with E-state index >= 15 is 0 Å². The number of hydrogen-bond acceptors (Lipinski definition) is 1. The smallest absolute Gasteiger partial charge is 0.150 e. The molecular weight excluding hydrogens is 371 g/mol. The molecule has 0 amide bonds. The Morgan fingerprint density at radius 3 is 2.25 bits per heavy atom. The van der Waals surface area contributed by atoms with E-state index in [1.165, 1.54) is 12.1 Å². The summed E-state index contributed by atoms with van der Waals surface area (Å²) in [6.45, 7) is 1.76. The van der Waals surface area contributed by atoms with Gasteiger partial charge in [0, 0.05) is 14.5 Å². The maximum Gasteiger partial charge on any atom is 0.150 e. The van der Waals surface area contributed by atoms with Crippen LogP contribution >= 0.6 is 39.1 Å². The van der Waals surface area contributed by atoms with Gasteiger partial charge in [-0.15, -0.1) is 0 Å². The van der Waals surface area contributed by atoms with Crippen molar-refractivity contribution < 1.29 is 8.78 Å². The number of nitrogens with one attached hydrogen (secondary N) is 1. The summed E-state index contributed by atoms with van der Waals surface area (Å²) in [5.41, 5.74) is 0.518. The van der Waals surface area contributed by atoms with Gasteiger partial charge in [-0.25, -0.2) is 8.78 Å². The molecule has 0 spiro atoms. The third-order valence-electron chi connectivity index (χ3n) is 2.80. The molecular formula is C14H10BrCl2F2N. The van der Waals surface area contributed by atoms with E-state index in [2.05, 4.69) is 21.2 Å². The fourth-order valence-corrected chi connectivity index (χ4v) is 2.80. The molecule has 2 aromatic rings. The van der Waals surface area contributed by atoms with Crippen molar-refractivity contribution in [1.82, 2.24) is 0 Å². The summed E-state index contributed by atoms with van der Waals surface area (Å²) in [7, 11) is 0. The molecule has 0 bridgehead atoms.